The average molecular weight is 215 g/mol. The average Bonchev–Trinajstić information content (AvgIpc) is 2.18. The van der Waals surface area contributed by atoms with Crippen LogP contribution in [0.3, 0.4) is 0 Å². The molecule has 0 amide bonds. The maximum Gasteiger partial charge on any atom is 0.116 e. The Morgan fingerprint density at radius 1 is 1.86 bits per heavy atom. The molecule has 0 fully saturated rings. The zero-order chi connectivity index (χ0) is 10.6. The first-order valence-corrected chi connectivity index (χ1v) is 5.90. The van der Waals surface area contributed by atoms with Gasteiger partial charge in [0.05, 0.1) is 6.61 Å². The predicted octanol–water partition coefficient (Wildman–Crippen LogP) is 1.89. The van der Waals surface area contributed by atoms with Crippen LogP contribution in [0.15, 0.2) is 24.0 Å². The molecule has 1 aliphatic rings. The van der Waals surface area contributed by atoms with Crippen molar-refractivity contribution in [1.29, 1.82) is 0 Å². The maximum atomic E-state index is 10.9. The van der Waals surface area contributed by atoms with E-state index in [1.54, 1.807) is 0 Å². The summed E-state index contributed by atoms with van der Waals surface area (Å²) in [5, 5.41) is -0.428. The van der Waals surface area contributed by atoms with Crippen LogP contribution in [0.1, 0.15) is 26.2 Å². The zero-order valence-electron chi connectivity index (χ0n) is 8.32. The second kappa shape index (κ2) is 5.32. The molecule has 1 aliphatic carbocycles. The van der Waals surface area contributed by atoms with Crippen molar-refractivity contribution >= 4 is 11.1 Å². The predicted molar refractivity (Wildman–Crippen MR) is 55.4 cm³/mol. The smallest absolute Gasteiger partial charge is 0.116 e. The Morgan fingerprint density at radius 2 is 2.57 bits per heavy atom. The van der Waals surface area contributed by atoms with Gasteiger partial charge in [0.1, 0.15) is 5.76 Å². The summed E-state index contributed by atoms with van der Waals surface area (Å²) in [7, 11) is 0. The summed E-state index contributed by atoms with van der Waals surface area (Å²) in [6.45, 7) is 6.12. The highest BCUT2D eigenvalue weighted by Gasteiger charge is 2.21. The third-order valence-electron chi connectivity index (χ3n) is 2.25. The summed E-state index contributed by atoms with van der Waals surface area (Å²) in [5.41, 5.74) is 0.742. The second-order valence-corrected chi connectivity index (χ2v) is 4.29. The largest absolute Gasteiger partial charge is 0.772 e. The first-order valence-electron chi connectivity index (χ1n) is 4.77. The van der Waals surface area contributed by atoms with Gasteiger partial charge in [-0.15, -0.1) is 0 Å². The molecule has 0 saturated carbocycles. The maximum absolute atomic E-state index is 10.9. The van der Waals surface area contributed by atoms with Gasteiger partial charge >= 0.3 is 0 Å². The Bertz CT molecular complexity index is 271. The first kappa shape index (κ1) is 11.5. The number of allylic oxidation sites excluding steroid dienone is 2. The minimum absolute atomic E-state index is 0.428. The minimum Gasteiger partial charge on any atom is -0.772 e. The molecule has 0 aromatic rings. The fourth-order valence-electron chi connectivity index (χ4n) is 1.60. The summed E-state index contributed by atoms with van der Waals surface area (Å²) in [6, 6.07) is 0. The molecule has 0 radical (unpaired) electrons. The van der Waals surface area contributed by atoms with Crippen molar-refractivity contribution in [1.82, 2.24) is 0 Å². The topological polar surface area (TPSA) is 49.4 Å². The number of ether oxygens (including phenoxy) is 1. The molecule has 2 unspecified atom stereocenters. The van der Waals surface area contributed by atoms with Gasteiger partial charge in [0.25, 0.3) is 0 Å². The van der Waals surface area contributed by atoms with Crippen LogP contribution in [0.25, 0.3) is 0 Å². The zero-order valence-corrected chi connectivity index (χ0v) is 9.14. The van der Waals surface area contributed by atoms with E-state index in [0.29, 0.717) is 18.8 Å². The summed E-state index contributed by atoms with van der Waals surface area (Å²) < 4.78 is 27.1. The third kappa shape index (κ3) is 2.69. The van der Waals surface area contributed by atoms with Crippen LogP contribution < -0.4 is 0 Å². The van der Waals surface area contributed by atoms with Crippen molar-refractivity contribution < 1.29 is 13.5 Å². The Kier molecular flexibility index (Phi) is 4.35. The van der Waals surface area contributed by atoms with Gasteiger partial charge < -0.3 is 9.29 Å². The van der Waals surface area contributed by atoms with E-state index in [-0.39, 0.29) is 0 Å². The third-order valence-corrected chi connectivity index (χ3v) is 3.21. The molecule has 80 valence electrons. The second-order valence-electron chi connectivity index (χ2n) is 3.20. The molecule has 1 rings (SSSR count). The normalized spacial score (nSPS) is 23.9. The lowest BCUT2D eigenvalue weighted by Crippen LogP contribution is -2.22. The van der Waals surface area contributed by atoms with Crippen molar-refractivity contribution in [2.24, 2.45) is 0 Å². The summed E-state index contributed by atoms with van der Waals surface area (Å²) >= 11 is -2.07. The molecule has 0 aromatic heterocycles. The molecule has 0 N–H and O–H groups in total. The van der Waals surface area contributed by atoms with E-state index in [1.807, 2.05) is 13.0 Å². The van der Waals surface area contributed by atoms with Crippen molar-refractivity contribution in [3.05, 3.63) is 24.0 Å². The van der Waals surface area contributed by atoms with Gasteiger partial charge in [0.15, 0.2) is 0 Å². The number of hydrogen-bond acceptors (Lipinski definition) is 3. The Morgan fingerprint density at radius 3 is 3.14 bits per heavy atom. The Balaban J connectivity index is 2.76. The SMILES string of the molecule is C=C(OCC)C1=CCCCC1S(=O)[O-]. The van der Waals surface area contributed by atoms with Crippen LogP contribution in [0.4, 0.5) is 0 Å². The van der Waals surface area contributed by atoms with E-state index in [1.165, 1.54) is 0 Å². The molecule has 0 aliphatic heterocycles. The lowest BCUT2D eigenvalue weighted by Gasteiger charge is -2.27. The molecule has 4 heteroatoms. The molecule has 0 heterocycles. The van der Waals surface area contributed by atoms with Crippen molar-refractivity contribution in [3.63, 3.8) is 0 Å². The highest BCUT2D eigenvalue weighted by atomic mass is 32.2. The molecule has 0 saturated heterocycles. The number of rotatable bonds is 4. The van der Waals surface area contributed by atoms with Crippen molar-refractivity contribution in [2.45, 2.75) is 31.4 Å². The summed E-state index contributed by atoms with van der Waals surface area (Å²) in [4.78, 5) is 0. The molecule has 14 heavy (non-hydrogen) atoms. The standard InChI is InChI=1S/C10H16O3S/c1-3-13-8(2)9-6-4-5-7-10(9)14(11)12/h6,10H,2-5,7H2,1H3,(H,11,12)/p-1. The molecule has 0 aromatic carbocycles. The van der Waals surface area contributed by atoms with Crippen molar-refractivity contribution in [3.8, 4) is 0 Å². The summed E-state index contributed by atoms with van der Waals surface area (Å²) in [6.07, 6.45) is 4.42. The van der Waals surface area contributed by atoms with E-state index in [4.69, 9.17) is 4.74 Å². The quantitative estimate of drug-likeness (QED) is 0.531. The van der Waals surface area contributed by atoms with E-state index >= 15 is 0 Å². The molecule has 0 spiro atoms. The van der Waals surface area contributed by atoms with E-state index in [2.05, 4.69) is 6.58 Å². The lowest BCUT2D eigenvalue weighted by molar-refractivity contribution is 0.236. The fourth-order valence-corrected chi connectivity index (χ4v) is 2.39. The molecular formula is C10H15O3S-. The van der Waals surface area contributed by atoms with E-state index in [9.17, 15) is 8.76 Å². The van der Waals surface area contributed by atoms with E-state index in [0.717, 1.165) is 18.4 Å². The van der Waals surface area contributed by atoms with Gasteiger partial charge in [0, 0.05) is 10.8 Å². The van der Waals surface area contributed by atoms with Crippen LogP contribution in [-0.2, 0) is 15.8 Å². The number of hydrogen-bond donors (Lipinski definition) is 0. The van der Waals surface area contributed by atoms with E-state index < -0.39 is 16.3 Å². The van der Waals surface area contributed by atoms with Crippen LogP contribution in [0.2, 0.25) is 0 Å². The van der Waals surface area contributed by atoms with Crippen molar-refractivity contribution in [2.75, 3.05) is 6.61 Å². The Labute approximate surface area is 87.1 Å². The molecular weight excluding hydrogens is 200 g/mol. The van der Waals surface area contributed by atoms with Crippen LogP contribution in [0, 0.1) is 0 Å². The van der Waals surface area contributed by atoms with Crippen LogP contribution >= 0.6 is 0 Å². The van der Waals surface area contributed by atoms with Gasteiger partial charge in [-0.3, -0.25) is 4.21 Å². The van der Waals surface area contributed by atoms with Gasteiger partial charge in [-0.25, -0.2) is 0 Å². The Hall–Kier alpha value is -0.610. The highest BCUT2D eigenvalue weighted by Crippen LogP contribution is 2.27. The first-order chi connectivity index (χ1) is 6.66. The fraction of sp³-hybridized carbons (Fsp3) is 0.600. The van der Waals surface area contributed by atoms with Gasteiger partial charge in [0.2, 0.25) is 0 Å². The van der Waals surface area contributed by atoms with Gasteiger partial charge in [-0.2, -0.15) is 0 Å². The molecule has 0 bridgehead atoms. The van der Waals surface area contributed by atoms with Gasteiger partial charge in [-0.1, -0.05) is 12.7 Å². The van der Waals surface area contributed by atoms with Crippen LogP contribution in [0.5, 0.6) is 0 Å². The van der Waals surface area contributed by atoms with Crippen LogP contribution in [-0.4, -0.2) is 20.6 Å². The molecule has 3 nitrogen and oxygen atoms in total. The monoisotopic (exact) mass is 215 g/mol. The highest BCUT2D eigenvalue weighted by molar-refractivity contribution is 7.80. The molecule has 2 atom stereocenters. The minimum atomic E-state index is -2.07. The summed E-state index contributed by atoms with van der Waals surface area (Å²) in [5.74, 6) is 0.501. The lowest BCUT2D eigenvalue weighted by atomic mass is 9.98. The van der Waals surface area contributed by atoms with Gasteiger partial charge in [-0.05, 0) is 37.3 Å².